The molecule has 0 bridgehead atoms. The second-order valence-electron chi connectivity index (χ2n) is 9.50. The molecular formula is C22H44N8O. The lowest BCUT2D eigenvalue weighted by Gasteiger charge is -2.49. The molecule has 178 valence electrons. The molecule has 0 saturated carbocycles. The summed E-state index contributed by atoms with van der Waals surface area (Å²) in [6.45, 7) is 15.3. The van der Waals surface area contributed by atoms with Crippen LogP contribution in [-0.2, 0) is 4.74 Å². The van der Waals surface area contributed by atoms with Gasteiger partial charge in [-0.15, -0.1) is 0 Å². The van der Waals surface area contributed by atoms with Crippen LogP contribution in [0.4, 0.5) is 0 Å². The first-order valence-electron chi connectivity index (χ1n) is 12.3. The first kappa shape index (κ1) is 23.5. The van der Waals surface area contributed by atoms with Gasteiger partial charge in [0.25, 0.3) is 0 Å². The van der Waals surface area contributed by atoms with E-state index >= 15 is 0 Å². The standard InChI is InChI=1S/C22H44N8O/c1-5-17-19-20(30(28-17)11-12-31-6-2)21(25-18-8-7-15(3)13-24-18)27-22(26-19)29-10-9-23-16(4)14-29/h7,16-28H,5-6,8-14H2,1-4H3/t16-,17?,18?,19?,20?,21?,22?/m1/s1. The van der Waals surface area contributed by atoms with E-state index in [1.54, 1.807) is 0 Å². The molecule has 4 heterocycles. The zero-order valence-corrected chi connectivity index (χ0v) is 19.8. The highest BCUT2D eigenvalue weighted by atomic mass is 16.5. The topological polar surface area (TPSA) is 87.9 Å². The summed E-state index contributed by atoms with van der Waals surface area (Å²) < 4.78 is 5.69. The average molecular weight is 437 g/mol. The van der Waals surface area contributed by atoms with Gasteiger partial charge in [-0.2, -0.15) is 0 Å². The molecule has 0 amide bonds. The van der Waals surface area contributed by atoms with E-state index < -0.39 is 0 Å². The Morgan fingerprint density at radius 3 is 2.81 bits per heavy atom. The van der Waals surface area contributed by atoms with Gasteiger partial charge < -0.3 is 10.1 Å². The van der Waals surface area contributed by atoms with Crippen LogP contribution in [0.25, 0.3) is 0 Å². The third-order valence-corrected chi connectivity index (χ3v) is 7.12. The van der Waals surface area contributed by atoms with Crippen molar-refractivity contribution in [3.8, 4) is 0 Å². The van der Waals surface area contributed by atoms with Crippen LogP contribution in [0.1, 0.15) is 40.5 Å². The fourth-order valence-corrected chi connectivity index (χ4v) is 5.44. The van der Waals surface area contributed by atoms with E-state index in [0.29, 0.717) is 24.2 Å². The largest absolute Gasteiger partial charge is 0.380 e. The van der Waals surface area contributed by atoms with Crippen LogP contribution in [0, 0.1) is 0 Å². The molecule has 0 aromatic carbocycles. The molecule has 6 N–H and O–H groups in total. The Kier molecular flexibility index (Phi) is 8.35. The highest BCUT2D eigenvalue weighted by Crippen LogP contribution is 2.25. The Morgan fingerprint density at radius 1 is 1.23 bits per heavy atom. The summed E-state index contributed by atoms with van der Waals surface area (Å²) in [4.78, 5) is 2.56. The number of nitrogens with zero attached hydrogens (tertiary/aromatic N) is 2. The first-order chi connectivity index (χ1) is 15.1. The predicted molar refractivity (Wildman–Crippen MR) is 124 cm³/mol. The normalized spacial score (nSPS) is 40.0. The van der Waals surface area contributed by atoms with Crippen LogP contribution in [-0.4, -0.2) is 98.6 Å². The Bertz CT molecular complexity index is 604. The van der Waals surface area contributed by atoms with Crippen molar-refractivity contribution >= 4 is 0 Å². The van der Waals surface area contributed by atoms with Crippen molar-refractivity contribution in [1.29, 1.82) is 0 Å². The third-order valence-electron chi connectivity index (χ3n) is 7.12. The number of rotatable bonds is 8. The van der Waals surface area contributed by atoms with E-state index in [1.807, 2.05) is 0 Å². The van der Waals surface area contributed by atoms with Gasteiger partial charge in [0, 0.05) is 57.5 Å². The molecule has 3 fully saturated rings. The lowest BCUT2D eigenvalue weighted by atomic mass is 9.95. The number of fused-ring (bicyclic) bond motifs is 1. The fraction of sp³-hybridized carbons (Fsp3) is 0.909. The Balaban J connectivity index is 1.51. The van der Waals surface area contributed by atoms with Crippen LogP contribution in [0.3, 0.4) is 0 Å². The van der Waals surface area contributed by atoms with Gasteiger partial charge in [0.15, 0.2) is 0 Å². The Hall–Kier alpha value is -0.620. The Labute approximate surface area is 188 Å². The van der Waals surface area contributed by atoms with Crippen molar-refractivity contribution in [2.45, 2.75) is 83.3 Å². The second kappa shape index (κ2) is 11.0. The zero-order chi connectivity index (χ0) is 21.8. The van der Waals surface area contributed by atoms with Crippen molar-refractivity contribution in [1.82, 2.24) is 41.9 Å². The molecule has 0 aromatic rings. The molecule has 0 aromatic heterocycles. The van der Waals surface area contributed by atoms with Gasteiger partial charge in [0.2, 0.25) is 0 Å². The SMILES string of the molecule is CCOCCN1NC(CC)C2NC(N3CCN[C@H](C)C3)NC(NC3CC=C(C)CN3)C21. The number of nitrogens with one attached hydrogen (secondary N) is 6. The number of ether oxygens (including phenoxy) is 1. The molecule has 0 aliphatic carbocycles. The van der Waals surface area contributed by atoms with Gasteiger partial charge >= 0.3 is 0 Å². The van der Waals surface area contributed by atoms with Crippen LogP contribution >= 0.6 is 0 Å². The molecule has 9 heteroatoms. The summed E-state index contributed by atoms with van der Waals surface area (Å²) in [5.41, 5.74) is 5.22. The van der Waals surface area contributed by atoms with Gasteiger partial charge in [-0.05, 0) is 33.6 Å². The minimum absolute atomic E-state index is 0.173. The van der Waals surface area contributed by atoms with E-state index in [1.165, 1.54) is 5.57 Å². The fourth-order valence-electron chi connectivity index (χ4n) is 5.44. The van der Waals surface area contributed by atoms with Gasteiger partial charge in [0.05, 0.1) is 25.0 Å². The van der Waals surface area contributed by atoms with Crippen LogP contribution in [0.5, 0.6) is 0 Å². The van der Waals surface area contributed by atoms with Crippen LogP contribution in [0.2, 0.25) is 0 Å². The number of piperazine rings is 1. The number of hydrazine groups is 1. The number of hydrogen-bond donors (Lipinski definition) is 6. The molecular weight excluding hydrogens is 392 g/mol. The van der Waals surface area contributed by atoms with Crippen molar-refractivity contribution in [3.63, 3.8) is 0 Å². The van der Waals surface area contributed by atoms with E-state index in [0.717, 1.165) is 58.8 Å². The van der Waals surface area contributed by atoms with E-state index in [4.69, 9.17) is 4.74 Å². The zero-order valence-electron chi connectivity index (χ0n) is 19.8. The van der Waals surface area contributed by atoms with Crippen molar-refractivity contribution in [2.75, 3.05) is 45.9 Å². The summed E-state index contributed by atoms with van der Waals surface area (Å²) in [6.07, 6.45) is 5.12. The second-order valence-corrected chi connectivity index (χ2v) is 9.50. The molecule has 31 heavy (non-hydrogen) atoms. The molecule has 0 spiro atoms. The molecule has 4 aliphatic rings. The van der Waals surface area contributed by atoms with Crippen molar-refractivity contribution in [3.05, 3.63) is 11.6 Å². The summed E-state index contributed by atoms with van der Waals surface area (Å²) >= 11 is 0. The van der Waals surface area contributed by atoms with Crippen LogP contribution in [0.15, 0.2) is 11.6 Å². The monoisotopic (exact) mass is 436 g/mol. The van der Waals surface area contributed by atoms with Gasteiger partial charge in [-0.1, -0.05) is 18.6 Å². The molecule has 6 unspecified atom stereocenters. The van der Waals surface area contributed by atoms with Gasteiger partial charge in [-0.25, -0.2) is 10.4 Å². The molecule has 3 saturated heterocycles. The molecule has 4 rings (SSSR count). The molecule has 9 nitrogen and oxygen atoms in total. The third kappa shape index (κ3) is 5.66. The minimum Gasteiger partial charge on any atom is -0.380 e. The van der Waals surface area contributed by atoms with Crippen LogP contribution < -0.4 is 32.0 Å². The van der Waals surface area contributed by atoms with E-state index in [2.05, 4.69) is 75.7 Å². The highest BCUT2D eigenvalue weighted by molar-refractivity contribution is 5.10. The number of hydrogen-bond acceptors (Lipinski definition) is 9. The van der Waals surface area contributed by atoms with Crippen molar-refractivity contribution < 1.29 is 4.74 Å². The highest BCUT2D eigenvalue weighted by Gasteiger charge is 2.50. The van der Waals surface area contributed by atoms with E-state index in [-0.39, 0.29) is 18.6 Å². The van der Waals surface area contributed by atoms with Gasteiger partial charge in [0.1, 0.15) is 6.29 Å². The van der Waals surface area contributed by atoms with Gasteiger partial charge in [-0.3, -0.25) is 26.2 Å². The lowest BCUT2D eigenvalue weighted by molar-refractivity contribution is 0.00336. The molecule has 0 radical (unpaired) electrons. The summed E-state index contributed by atoms with van der Waals surface area (Å²) in [7, 11) is 0. The maximum Gasteiger partial charge on any atom is 0.116 e. The molecule has 4 aliphatic heterocycles. The average Bonchev–Trinajstić information content (AvgIpc) is 3.13. The smallest absolute Gasteiger partial charge is 0.116 e. The minimum atomic E-state index is 0.173. The molecule has 7 atom stereocenters. The summed E-state index contributed by atoms with van der Waals surface area (Å²) in [6, 6.07) is 1.63. The Morgan fingerprint density at radius 2 is 2.10 bits per heavy atom. The van der Waals surface area contributed by atoms with E-state index in [9.17, 15) is 0 Å². The predicted octanol–water partition coefficient (Wildman–Crippen LogP) is -0.690. The lowest BCUT2D eigenvalue weighted by Crippen LogP contribution is -2.78. The summed E-state index contributed by atoms with van der Waals surface area (Å²) in [5.74, 6) is 0. The maximum atomic E-state index is 5.69. The quantitative estimate of drug-likeness (QED) is 0.219. The first-order valence-corrected chi connectivity index (χ1v) is 12.3. The van der Waals surface area contributed by atoms with Crippen molar-refractivity contribution in [2.24, 2.45) is 0 Å². The maximum absolute atomic E-state index is 5.69. The summed E-state index contributed by atoms with van der Waals surface area (Å²) in [5, 5.41) is 21.5.